The summed E-state index contributed by atoms with van der Waals surface area (Å²) in [4.78, 5) is 38.8. The second-order valence-corrected chi connectivity index (χ2v) is 7.81. The number of amides is 2. The Labute approximate surface area is 207 Å². The zero-order valence-corrected chi connectivity index (χ0v) is 19.9. The molecule has 0 unspecified atom stereocenters. The Morgan fingerprint density at radius 3 is 2.39 bits per heavy atom. The summed E-state index contributed by atoms with van der Waals surface area (Å²) in [7, 11) is 1.45. The van der Waals surface area contributed by atoms with Crippen LogP contribution in [0.1, 0.15) is 33.4 Å². The zero-order valence-electron chi connectivity index (χ0n) is 19.9. The van der Waals surface area contributed by atoms with Crippen LogP contribution in [-0.4, -0.2) is 25.5 Å². The molecule has 2 N–H and O–H groups in total. The van der Waals surface area contributed by atoms with E-state index in [-0.39, 0.29) is 28.0 Å². The van der Waals surface area contributed by atoms with E-state index in [1.54, 1.807) is 43.3 Å². The molecule has 1 aromatic heterocycles. The molecule has 4 aromatic rings. The highest BCUT2D eigenvalue weighted by Gasteiger charge is 2.21. The molecule has 8 heteroatoms. The van der Waals surface area contributed by atoms with Gasteiger partial charge in [0.1, 0.15) is 5.58 Å². The summed E-state index contributed by atoms with van der Waals surface area (Å²) in [5.74, 6) is -0.702. The Bertz CT molecular complexity index is 1470. The third-order valence-electron chi connectivity index (χ3n) is 5.46. The molecular formula is C28H25N2O6. The van der Waals surface area contributed by atoms with Gasteiger partial charge in [0.25, 0.3) is 11.8 Å². The lowest BCUT2D eigenvalue weighted by atomic mass is 10.1. The van der Waals surface area contributed by atoms with Gasteiger partial charge in [-0.05, 0) is 56.2 Å². The predicted octanol–water partition coefficient (Wildman–Crippen LogP) is 5.08. The molecule has 183 valence electrons. The molecule has 0 spiro atoms. The standard InChI is InChI=1S/C28H25N2O6/c1-4-17-10-12-18(13-11-17)29-27(32)20-14-25(35-5-2)24(34-3)15-21(20)30-28(33)26-16-22(31)19-8-6-7-9-23(19)36-26/h6-16H,1,4-5H2,2-3H3,(H,29,32)(H,30,33). The van der Waals surface area contributed by atoms with Crippen LogP contribution in [0.3, 0.4) is 0 Å². The molecule has 0 aliphatic carbocycles. The van der Waals surface area contributed by atoms with Crippen molar-refractivity contribution in [3.05, 3.63) is 101 Å². The lowest BCUT2D eigenvalue weighted by molar-refractivity contribution is 0.0997. The predicted molar refractivity (Wildman–Crippen MR) is 138 cm³/mol. The van der Waals surface area contributed by atoms with E-state index in [0.717, 1.165) is 11.6 Å². The fourth-order valence-corrected chi connectivity index (χ4v) is 3.63. The zero-order chi connectivity index (χ0) is 25.7. The molecule has 0 saturated heterocycles. The second kappa shape index (κ2) is 10.8. The number of hydrogen-bond acceptors (Lipinski definition) is 6. The summed E-state index contributed by atoms with van der Waals surface area (Å²) in [6.45, 7) is 5.99. The monoisotopic (exact) mass is 485 g/mol. The van der Waals surface area contributed by atoms with E-state index in [2.05, 4.69) is 17.6 Å². The topological polar surface area (TPSA) is 107 Å². The average molecular weight is 486 g/mol. The summed E-state index contributed by atoms with van der Waals surface area (Å²) >= 11 is 0. The van der Waals surface area contributed by atoms with E-state index in [4.69, 9.17) is 13.9 Å². The van der Waals surface area contributed by atoms with Crippen molar-refractivity contribution in [1.29, 1.82) is 0 Å². The minimum Gasteiger partial charge on any atom is -0.493 e. The van der Waals surface area contributed by atoms with E-state index in [1.807, 2.05) is 12.1 Å². The van der Waals surface area contributed by atoms with Crippen LogP contribution in [0.4, 0.5) is 11.4 Å². The molecule has 1 heterocycles. The Morgan fingerprint density at radius 1 is 0.944 bits per heavy atom. The van der Waals surface area contributed by atoms with E-state index < -0.39 is 11.8 Å². The largest absolute Gasteiger partial charge is 0.493 e. The SMILES string of the molecule is [CH2]Cc1ccc(NC(=O)c2cc(OCC)c(OC)cc2NC(=O)c2cc(=O)c3ccccc3o2)cc1. The number of benzene rings is 3. The van der Waals surface area contributed by atoms with Crippen LogP contribution in [0, 0.1) is 6.92 Å². The molecule has 0 bridgehead atoms. The number of hydrogen-bond donors (Lipinski definition) is 2. The summed E-state index contributed by atoms with van der Waals surface area (Å²) < 4.78 is 16.7. The number of carbonyl (C=O) groups excluding carboxylic acids is 2. The number of carbonyl (C=O) groups is 2. The third kappa shape index (κ3) is 5.22. The van der Waals surface area contributed by atoms with Gasteiger partial charge < -0.3 is 24.5 Å². The molecule has 0 saturated carbocycles. The fourth-order valence-electron chi connectivity index (χ4n) is 3.63. The van der Waals surface area contributed by atoms with Gasteiger partial charge >= 0.3 is 0 Å². The third-order valence-corrected chi connectivity index (χ3v) is 5.46. The Morgan fingerprint density at radius 2 is 1.69 bits per heavy atom. The number of fused-ring (bicyclic) bond motifs is 1. The lowest BCUT2D eigenvalue weighted by Gasteiger charge is -2.16. The second-order valence-electron chi connectivity index (χ2n) is 7.81. The van der Waals surface area contributed by atoms with Crippen molar-refractivity contribution >= 4 is 34.2 Å². The highest BCUT2D eigenvalue weighted by Crippen LogP contribution is 2.34. The molecule has 36 heavy (non-hydrogen) atoms. The summed E-state index contributed by atoms with van der Waals surface area (Å²) in [6, 6.07) is 18.0. The maximum Gasteiger partial charge on any atom is 0.291 e. The average Bonchev–Trinajstić information content (AvgIpc) is 2.89. The van der Waals surface area contributed by atoms with Crippen LogP contribution in [0.2, 0.25) is 0 Å². The molecule has 8 nitrogen and oxygen atoms in total. The first-order chi connectivity index (χ1) is 17.4. The molecule has 0 aliphatic heterocycles. The minimum absolute atomic E-state index is 0.136. The summed E-state index contributed by atoms with van der Waals surface area (Å²) in [5.41, 5.74) is 1.82. The number of ether oxygens (including phenoxy) is 2. The van der Waals surface area contributed by atoms with Crippen LogP contribution < -0.4 is 25.5 Å². The van der Waals surface area contributed by atoms with Gasteiger partial charge in [0.15, 0.2) is 22.7 Å². The fraction of sp³-hybridized carbons (Fsp3) is 0.143. The number of rotatable bonds is 8. The first kappa shape index (κ1) is 24.5. The van der Waals surface area contributed by atoms with Crippen molar-refractivity contribution in [3.8, 4) is 11.5 Å². The maximum absolute atomic E-state index is 13.2. The maximum atomic E-state index is 13.2. The highest BCUT2D eigenvalue weighted by molar-refractivity contribution is 6.12. The summed E-state index contributed by atoms with van der Waals surface area (Å²) in [5, 5.41) is 5.86. The molecule has 4 rings (SSSR count). The van der Waals surface area contributed by atoms with Crippen molar-refractivity contribution in [1.82, 2.24) is 0 Å². The lowest BCUT2D eigenvalue weighted by Crippen LogP contribution is -2.20. The molecule has 2 amide bonds. The highest BCUT2D eigenvalue weighted by atomic mass is 16.5. The van der Waals surface area contributed by atoms with Crippen LogP contribution in [0.25, 0.3) is 11.0 Å². The Hall–Kier alpha value is -4.59. The van der Waals surface area contributed by atoms with E-state index in [0.29, 0.717) is 35.6 Å². The molecule has 3 aromatic carbocycles. The minimum atomic E-state index is -0.696. The van der Waals surface area contributed by atoms with Crippen molar-refractivity contribution in [2.75, 3.05) is 24.4 Å². The van der Waals surface area contributed by atoms with Crippen molar-refractivity contribution in [2.45, 2.75) is 13.3 Å². The van der Waals surface area contributed by atoms with Gasteiger partial charge in [0, 0.05) is 17.8 Å². The van der Waals surface area contributed by atoms with Crippen LogP contribution >= 0.6 is 0 Å². The molecular weight excluding hydrogens is 460 g/mol. The van der Waals surface area contributed by atoms with Gasteiger partial charge in [-0.15, -0.1) is 0 Å². The van der Waals surface area contributed by atoms with Gasteiger partial charge in [0.05, 0.1) is 30.4 Å². The summed E-state index contributed by atoms with van der Waals surface area (Å²) in [6.07, 6.45) is 0.630. The Balaban J connectivity index is 1.70. The van der Waals surface area contributed by atoms with Gasteiger partial charge in [-0.2, -0.15) is 0 Å². The van der Waals surface area contributed by atoms with Crippen molar-refractivity contribution < 1.29 is 23.5 Å². The van der Waals surface area contributed by atoms with Crippen LogP contribution in [0.5, 0.6) is 11.5 Å². The molecule has 0 fully saturated rings. The number of nitrogens with one attached hydrogen (secondary N) is 2. The van der Waals surface area contributed by atoms with Gasteiger partial charge in [-0.1, -0.05) is 24.3 Å². The number of methoxy groups -OCH3 is 1. The van der Waals surface area contributed by atoms with Crippen LogP contribution in [0.15, 0.2) is 75.9 Å². The normalized spacial score (nSPS) is 10.6. The van der Waals surface area contributed by atoms with Crippen molar-refractivity contribution in [2.24, 2.45) is 0 Å². The Kier molecular flexibility index (Phi) is 7.34. The van der Waals surface area contributed by atoms with Crippen molar-refractivity contribution in [3.63, 3.8) is 0 Å². The smallest absolute Gasteiger partial charge is 0.291 e. The van der Waals surface area contributed by atoms with E-state index >= 15 is 0 Å². The first-order valence-electron chi connectivity index (χ1n) is 11.3. The van der Waals surface area contributed by atoms with E-state index in [1.165, 1.54) is 19.2 Å². The van der Waals surface area contributed by atoms with E-state index in [9.17, 15) is 14.4 Å². The number of para-hydroxylation sites is 1. The van der Waals surface area contributed by atoms with Gasteiger partial charge in [-0.3, -0.25) is 14.4 Å². The van der Waals surface area contributed by atoms with Crippen LogP contribution in [-0.2, 0) is 6.42 Å². The van der Waals surface area contributed by atoms with Gasteiger partial charge in [0.2, 0.25) is 0 Å². The molecule has 1 radical (unpaired) electrons. The quantitative estimate of drug-likeness (QED) is 0.360. The molecule has 0 aliphatic rings. The first-order valence-corrected chi connectivity index (χ1v) is 11.3. The molecule has 0 atom stereocenters. The number of anilines is 2. The van der Waals surface area contributed by atoms with Gasteiger partial charge in [-0.25, -0.2) is 0 Å².